The standard InChI is InChI=1S/C46H56N8O8/c1-23(2)38(51-45(57)60-7)43(55)53-19-25(5)13-35(53)41-47-18-34(49-41)28-9-11-30-29(15-28)22-62-37-17-31-27(16-32(30)37)10-12-33-40(31)50-42(48-33)36-14-26(21-59-6)20-54(36)44(56)39(24(3)4)52-46(58)61-8/h9-12,15-18,23-26,35-36,38-39H,13-14,19-22H2,1-8H3,(H,47,49)(H,48,50)(H,51,57)(H,52,58). The summed E-state index contributed by atoms with van der Waals surface area (Å²) in [6.07, 6.45) is 1.93. The van der Waals surface area contributed by atoms with Crippen LogP contribution in [0.5, 0.6) is 5.75 Å². The van der Waals surface area contributed by atoms with Gasteiger partial charge in [-0.15, -0.1) is 0 Å². The maximum absolute atomic E-state index is 14.1. The summed E-state index contributed by atoms with van der Waals surface area (Å²) < 4.78 is 21.6. The normalized spacial score (nSPS) is 20.5. The molecule has 0 spiro atoms. The SMILES string of the molecule is COCC1CC(c2nc3c(ccc4cc5c(cc43)OCc3cc(-c4cnc(C6CC(C)CN6C(=O)C(NC(=O)OC)C(C)C)[nH]4)ccc3-5)[nH]2)N(C(=O)C(NC(=O)OC)C(C)C)C1. The maximum Gasteiger partial charge on any atom is 0.407 e. The van der Waals surface area contributed by atoms with Gasteiger partial charge in [0, 0.05) is 37.1 Å². The van der Waals surface area contributed by atoms with Gasteiger partial charge in [-0.2, -0.15) is 0 Å². The van der Waals surface area contributed by atoms with E-state index in [1.165, 1.54) is 14.2 Å². The van der Waals surface area contributed by atoms with E-state index in [4.69, 9.17) is 28.9 Å². The van der Waals surface area contributed by atoms with Crippen molar-refractivity contribution in [3.05, 3.63) is 65.9 Å². The number of rotatable bonds is 11. The Morgan fingerprint density at radius 1 is 0.823 bits per heavy atom. The lowest BCUT2D eigenvalue weighted by molar-refractivity contribution is -0.136. The summed E-state index contributed by atoms with van der Waals surface area (Å²) in [5.41, 5.74) is 6.50. The molecule has 0 bridgehead atoms. The monoisotopic (exact) mass is 848 g/mol. The third kappa shape index (κ3) is 8.03. The van der Waals surface area contributed by atoms with Crippen LogP contribution in [0.15, 0.2) is 48.7 Å². The van der Waals surface area contributed by atoms with E-state index in [0.717, 1.165) is 61.9 Å². The molecule has 2 aromatic heterocycles. The van der Waals surface area contributed by atoms with Crippen molar-refractivity contribution in [3.63, 3.8) is 0 Å². The van der Waals surface area contributed by atoms with E-state index in [-0.39, 0.29) is 47.6 Å². The lowest BCUT2D eigenvalue weighted by atomic mass is 9.92. The van der Waals surface area contributed by atoms with Crippen LogP contribution >= 0.6 is 0 Å². The molecule has 328 valence electrons. The fraction of sp³-hybridized carbons (Fsp3) is 0.478. The molecule has 4 amide bonds. The Morgan fingerprint density at radius 3 is 2.16 bits per heavy atom. The number of ether oxygens (including phenoxy) is 4. The number of nitrogens with one attached hydrogen (secondary N) is 4. The molecule has 6 atom stereocenters. The van der Waals surface area contributed by atoms with Gasteiger partial charge in [0.05, 0.1) is 55.8 Å². The summed E-state index contributed by atoms with van der Waals surface area (Å²) in [5, 5.41) is 7.38. The molecule has 0 aliphatic carbocycles. The van der Waals surface area contributed by atoms with Crippen LogP contribution in [0.2, 0.25) is 0 Å². The zero-order valence-electron chi connectivity index (χ0n) is 36.5. The van der Waals surface area contributed by atoms with Crippen molar-refractivity contribution in [2.24, 2.45) is 23.7 Å². The van der Waals surface area contributed by atoms with Gasteiger partial charge in [0.25, 0.3) is 0 Å². The Kier molecular flexibility index (Phi) is 11.9. The molecule has 2 saturated heterocycles. The second-order valence-electron chi connectivity index (χ2n) is 17.6. The number of aromatic amines is 2. The molecule has 62 heavy (non-hydrogen) atoms. The van der Waals surface area contributed by atoms with Gasteiger partial charge in [-0.1, -0.05) is 52.8 Å². The number of hydrogen-bond donors (Lipinski definition) is 4. The number of methoxy groups -OCH3 is 3. The predicted octanol–water partition coefficient (Wildman–Crippen LogP) is 6.87. The van der Waals surface area contributed by atoms with E-state index in [9.17, 15) is 19.2 Å². The highest BCUT2D eigenvalue weighted by Gasteiger charge is 2.42. The van der Waals surface area contributed by atoms with Crippen molar-refractivity contribution in [2.75, 3.05) is 41.0 Å². The second-order valence-corrected chi connectivity index (χ2v) is 17.6. The summed E-state index contributed by atoms with van der Waals surface area (Å²) in [7, 11) is 4.24. The molecule has 5 aromatic rings. The quantitative estimate of drug-likeness (QED) is 0.109. The van der Waals surface area contributed by atoms with Gasteiger partial charge in [0.2, 0.25) is 11.8 Å². The van der Waals surface area contributed by atoms with E-state index in [0.29, 0.717) is 44.4 Å². The zero-order valence-corrected chi connectivity index (χ0v) is 36.5. The fourth-order valence-electron chi connectivity index (χ4n) is 9.37. The number of amides is 4. The van der Waals surface area contributed by atoms with Gasteiger partial charge in [0.15, 0.2) is 0 Å². The van der Waals surface area contributed by atoms with Crippen LogP contribution in [0, 0.1) is 23.7 Å². The molecule has 0 saturated carbocycles. The van der Waals surface area contributed by atoms with E-state index < -0.39 is 24.3 Å². The van der Waals surface area contributed by atoms with Crippen molar-refractivity contribution < 1.29 is 38.1 Å². The Labute approximate surface area is 360 Å². The highest BCUT2D eigenvalue weighted by atomic mass is 16.5. The zero-order chi connectivity index (χ0) is 44.0. The van der Waals surface area contributed by atoms with Crippen molar-refractivity contribution in [1.82, 2.24) is 40.4 Å². The largest absolute Gasteiger partial charge is 0.488 e. The molecule has 3 aliphatic heterocycles. The van der Waals surface area contributed by atoms with Gasteiger partial charge in [-0.3, -0.25) is 9.59 Å². The lowest BCUT2D eigenvalue weighted by Crippen LogP contribution is -2.51. The molecule has 8 rings (SSSR count). The second kappa shape index (κ2) is 17.3. The molecule has 4 N–H and O–H groups in total. The molecule has 3 aromatic carbocycles. The van der Waals surface area contributed by atoms with Crippen LogP contribution in [0.4, 0.5) is 9.59 Å². The Balaban J connectivity index is 1.05. The number of fused-ring (bicyclic) bond motifs is 6. The first-order chi connectivity index (χ1) is 29.8. The number of alkyl carbamates (subject to hydrolysis) is 2. The van der Waals surface area contributed by atoms with Crippen molar-refractivity contribution in [1.29, 1.82) is 0 Å². The van der Waals surface area contributed by atoms with Crippen LogP contribution in [-0.2, 0) is 30.4 Å². The van der Waals surface area contributed by atoms with Gasteiger partial charge >= 0.3 is 12.2 Å². The highest BCUT2D eigenvalue weighted by molar-refractivity contribution is 6.07. The van der Waals surface area contributed by atoms with Gasteiger partial charge < -0.3 is 49.3 Å². The first-order valence-electron chi connectivity index (χ1n) is 21.3. The highest BCUT2D eigenvalue weighted by Crippen LogP contribution is 2.44. The number of H-pyrrole nitrogens is 2. The summed E-state index contributed by atoms with van der Waals surface area (Å²) in [6.45, 7) is 11.6. The predicted molar refractivity (Wildman–Crippen MR) is 232 cm³/mol. The van der Waals surface area contributed by atoms with Crippen LogP contribution in [0.25, 0.3) is 44.2 Å². The number of carbonyl (C=O) groups is 4. The average Bonchev–Trinajstić information content (AvgIpc) is 4.09. The first-order valence-corrected chi connectivity index (χ1v) is 21.3. The van der Waals surface area contributed by atoms with Crippen molar-refractivity contribution in [2.45, 2.75) is 78.2 Å². The maximum atomic E-state index is 14.1. The van der Waals surface area contributed by atoms with Crippen LogP contribution in [-0.4, -0.2) is 107 Å². The minimum atomic E-state index is -0.762. The third-order valence-corrected chi connectivity index (χ3v) is 12.6. The van der Waals surface area contributed by atoms with Crippen LogP contribution < -0.4 is 15.4 Å². The number of carbonyl (C=O) groups excluding carboxylic acids is 4. The van der Waals surface area contributed by atoms with Crippen LogP contribution in [0.3, 0.4) is 0 Å². The molecular formula is C46H56N8O8. The molecule has 2 fully saturated rings. The van der Waals surface area contributed by atoms with E-state index in [1.54, 1.807) is 7.11 Å². The first kappa shape index (κ1) is 42.5. The smallest absolute Gasteiger partial charge is 0.407 e. The summed E-state index contributed by atoms with van der Waals surface area (Å²) >= 11 is 0. The molecule has 5 heterocycles. The van der Waals surface area contributed by atoms with E-state index in [2.05, 4.69) is 63.9 Å². The molecule has 16 nitrogen and oxygen atoms in total. The Bertz CT molecular complexity index is 2510. The third-order valence-electron chi connectivity index (χ3n) is 12.6. The number of aromatic nitrogens is 4. The summed E-state index contributed by atoms with van der Waals surface area (Å²) in [6, 6.07) is 12.5. The molecule has 3 aliphatic rings. The summed E-state index contributed by atoms with van der Waals surface area (Å²) in [4.78, 5) is 72.7. The Morgan fingerprint density at radius 2 is 1.50 bits per heavy atom. The molecular weight excluding hydrogens is 793 g/mol. The molecule has 6 unspecified atom stereocenters. The van der Waals surface area contributed by atoms with Gasteiger partial charge in [-0.25, -0.2) is 19.6 Å². The average molecular weight is 849 g/mol. The summed E-state index contributed by atoms with van der Waals surface area (Å²) in [5.74, 6) is 1.85. The number of nitrogens with zero attached hydrogens (tertiary/aromatic N) is 4. The fourth-order valence-corrected chi connectivity index (χ4v) is 9.37. The number of likely N-dealkylation sites (tertiary alicyclic amines) is 2. The van der Waals surface area contributed by atoms with Gasteiger partial charge in [-0.05, 0) is 76.9 Å². The number of imidazole rings is 2. The minimum Gasteiger partial charge on any atom is -0.488 e. The topological polar surface area (TPSA) is 193 Å². The van der Waals surface area contributed by atoms with E-state index >= 15 is 0 Å². The number of benzene rings is 3. The van der Waals surface area contributed by atoms with Gasteiger partial charge in [0.1, 0.15) is 36.1 Å². The van der Waals surface area contributed by atoms with Crippen molar-refractivity contribution in [3.8, 4) is 28.1 Å². The lowest BCUT2D eigenvalue weighted by Gasteiger charge is -2.30. The van der Waals surface area contributed by atoms with Crippen molar-refractivity contribution >= 4 is 45.8 Å². The number of hydrogen-bond acceptors (Lipinski definition) is 10. The molecule has 16 heteroatoms. The minimum absolute atomic E-state index is 0.0964. The van der Waals surface area contributed by atoms with Crippen LogP contribution in [0.1, 0.15) is 76.8 Å². The Hall–Kier alpha value is -6.16. The molecule has 0 radical (unpaired) electrons. The van der Waals surface area contributed by atoms with E-state index in [1.807, 2.05) is 49.8 Å².